The van der Waals surface area contributed by atoms with E-state index in [2.05, 4.69) is 21.2 Å². The van der Waals surface area contributed by atoms with Gasteiger partial charge in [0.1, 0.15) is 5.82 Å². The van der Waals surface area contributed by atoms with Gasteiger partial charge in [-0.2, -0.15) is 0 Å². The molecule has 1 aromatic carbocycles. The predicted octanol–water partition coefficient (Wildman–Crippen LogP) is 1.73. The van der Waals surface area contributed by atoms with E-state index >= 15 is 0 Å². The Hall–Kier alpha value is -1.23. The second-order valence-corrected chi connectivity index (χ2v) is 3.15. The van der Waals surface area contributed by atoms with Crippen LogP contribution in [0.3, 0.4) is 0 Å². The number of rotatable bonds is 2. The Morgan fingerprint density at radius 1 is 1.54 bits per heavy atom. The van der Waals surface area contributed by atoms with Gasteiger partial charge < -0.3 is 5.32 Å². The van der Waals surface area contributed by atoms with Crippen molar-refractivity contribution in [1.29, 1.82) is 0 Å². The van der Waals surface area contributed by atoms with Crippen molar-refractivity contribution in [2.24, 2.45) is 0 Å². The number of hydrogen-bond acceptors (Lipinski definition) is 2. The minimum Gasteiger partial charge on any atom is -0.317 e. The summed E-state index contributed by atoms with van der Waals surface area (Å²) in [7, 11) is 0. The number of nitrogens with one attached hydrogen (secondary N) is 1. The largest absolute Gasteiger partial charge is 0.317 e. The zero-order valence-electron chi connectivity index (χ0n) is 6.38. The zero-order chi connectivity index (χ0) is 9.84. The maximum atomic E-state index is 13.0. The molecular weight excluding hydrogens is 241 g/mol. The van der Waals surface area contributed by atoms with Crippen LogP contribution in [0.25, 0.3) is 0 Å². The first-order valence-corrected chi connectivity index (χ1v) is 4.14. The van der Waals surface area contributed by atoms with E-state index in [0.29, 0.717) is 4.47 Å². The molecule has 1 rings (SSSR count). The summed E-state index contributed by atoms with van der Waals surface area (Å²) >= 11 is 3.06. The first-order chi connectivity index (χ1) is 6.13. The lowest BCUT2D eigenvalue weighted by Gasteiger charge is -2.02. The summed E-state index contributed by atoms with van der Waals surface area (Å²) in [5.74, 6) is -1.47. The van der Waals surface area contributed by atoms with Gasteiger partial charge in [0, 0.05) is 4.47 Å². The van der Waals surface area contributed by atoms with Gasteiger partial charge in [-0.1, -0.05) is 15.9 Å². The maximum absolute atomic E-state index is 13.0. The second kappa shape index (κ2) is 4.13. The van der Waals surface area contributed by atoms with Crippen LogP contribution in [0, 0.1) is 5.82 Å². The van der Waals surface area contributed by atoms with Gasteiger partial charge in [-0.25, -0.2) is 4.39 Å². The van der Waals surface area contributed by atoms with E-state index < -0.39 is 11.7 Å². The molecule has 68 valence electrons. The van der Waals surface area contributed by atoms with Crippen LogP contribution in [0.5, 0.6) is 0 Å². The quantitative estimate of drug-likeness (QED) is 0.638. The molecule has 0 radical (unpaired) electrons. The lowest BCUT2D eigenvalue weighted by atomic mass is 10.3. The fourth-order valence-electron chi connectivity index (χ4n) is 0.753. The molecule has 13 heavy (non-hydrogen) atoms. The van der Waals surface area contributed by atoms with Crippen molar-refractivity contribution in [3.8, 4) is 0 Å². The Balaban J connectivity index is 2.89. The Labute approximate surface area is 82.1 Å². The smallest absolute Gasteiger partial charge is 0.288 e. The van der Waals surface area contributed by atoms with Crippen LogP contribution in [-0.2, 0) is 9.59 Å². The third-order valence-corrected chi connectivity index (χ3v) is 1.79. The average molecular weight is 246 g/mol. The SMILES string of the molecule is O=CC(=O)Nc1ccc(Br)cc1F. The predicted molar refractivity (Wildman–Crippen MR) is 48.8 cm³/mol. The van der Waals surface area contributed by atoms with Crippen molar-refractivity contribution in [1.82, 2.24) is 0 Å². The van der Waals surface area contributed by atoms with Crippen LogP contribution in [0.1, 0.15) is 0 Å². The molecule has 0 atom stereocenters. The summed E-state index contributed by atoms with van der Waals surface area (Å²) in [4.78, 5) is 20.5. The molecule has 0 saturated heterocycles. The summed E-state index contributed by atoms with van der Waals surface area (Å²) in [6.07, 6.45) is 0.0848. The number of aldehydes is 1. The Kier molecular flexibility index (Phi) is 3.13. The van der Waals surface area contributed by atoms with Crippen LogP contribution in [0.4, 0.5) is 10.1 Å². The number of halogens is 2. The standard InChI is InChI=1S/C8H5BrFNO2/c9-5-1-2-7(6(10)3-5)11-8(13)4-12/h1-4H,(H,11,13). The van der Waals surface area contributed by atoms with Crippen molar-refractivity contribution in [2.75, 3.05) is 5.32 Å². The van der Waals surface area contributed by atoms with Gasteiger partial charge in [0.05, 0.1) is 5.69 Å². The highest BCUT2D eigenvalue weighted by atomic mass is 79.9. The molecule has 0 aromatic heterocycles. The molecule has 3 nitrogen and oxygen atoms in total. The maximum Gasteiger partial charge on any atom is 0.288 e. The second-order valence-electron chi connectivity index (χ2n) is 2.23. The van der Waals surface area contributed by atoms with Crippen LogP contribution in [0.2, 0.25) is 0 Å². The molecule has 0 aliphatic heterocycles. The summed E-state index contributed by atoms with van der Waals surface area (Å²) in [6.45, 7) is 0. The van der Waals surface area contributed by atoms with Crippen molar-refractivity contribution in [3.63, 3.8) is 0 Å². The first kappa shape index (κ1) is 9.85. The van der Waals surface area contributed by atoms with Crippen LogP contribution in [-0.4, -0.2) is 12.2 Å². The number of hydrogen-bond donors (Lipinski definition) is 1. The van der Waals surface area contributed by atoms with E-state index in [0.717, 1.165) is 0 Å². The topological polar surface area (TPSA) is 46.2 Å². The first-order valence-electron chi connectivity index (χ1n) is 3.34. The van der Waals surface area contributed by atoms with Crippen molar-refractivity contribution in [2.45, 2.75) is 0 Å². The van der Waals surface area contributed by atoms with Gasteiger partial charge in [0.25, 0.3) is 5.91 Å². The third-order valence-electron chi connectivity index (χ3n) is 1.30. The van der Waals surface area contributed by atoms with E-state index in [1.807, 2.05) is 0 Å². The van der Waals surface area contributed by atoms with E-state index in [1.54, 1.807) is 6.07 Å². The molecule has 1 N–H and O–H groups in total. The Morgan fingerprint density at radius 2 is 2.23 bits per heavy atom. The summed E-state index contributed by atoms with van der Waals surface area (Å²) in [5.41, 5.74) is -0.0136. The summed E-state index contributed by atoms with van der Waals surface area (Å²) in [6, 6.07) is 4.12. The Bertz CT molecular complexity index is 354. The molecular formula is C8H5BrFNO2. The highest BCUT2D eigenvalue weighted by Crippen LogP contribution is 2.18. The van der Waals surface area contributed by atoms with E-state index in [4.69, 9.17) is 0 Å². The highest BCUT2D eigenvalue weighted by Gasteiger charge is 2.05. The molecule has 0 heterocycles. The van der Waals surface area contributed by atoms with Gasteiger partial charge in [-0.05, 0) is 18.2 Å². The van der Waals surface area contributed by atoms with Crippen molar-refractivity contribution in [3.05, 3.63) is 28.5 Å². The normalized spacial score (nSPS) is 9.38. The molecule has 0 bridgehead atoms. The fourth-order valence-corrected chi connectivity index (χ4v) is 1.09. The lowest BCUT2D eigenvalue weighted by Crippen LogP contribution is -2.13. The van der Waals surface area contributed by atoms with Gasteiger partial charge >= 0.3 is 0 Å². The molecule has 0 aliphatic carbocycles. The molecule has 0 fully saturated rings. The number of benzene rings is 1. The fraction of sp³-hybridized carbons (Fsp3) is 0. The van der Waals surface area contributed by atoms with Gasteiger partial charge in [0.2, 0.25) is 6.29 Å². The minimum atomic E-state index is -0.874. The molecule has 1 aromatic rings. The minimum absolute atomic E-state index is 0.0136. The number of anilines is 1. The highest BCUT2D eigenvalue weighted by molar-refractivity contribution is 9.10. The Morgan fingerprint density at radius 3 is 2.77 bits per heavy atom. The van der Waals surface area contributed by atoms with E-state index in [-0.39, 0.29) is 12.0 Å². The molecule has 0 saturated carbocycles. The number of amides is 1. The average Bonchev–Trinajstić information content (AvgIpc) is 2.09. The number of carbonyl (C=O) groups is 2. The summed E-state index contributed by atoms with van der Waals surface area (Å²) in [5, 5.41) is 2.08. The van der Waals surface area contributed by atoms with Gasteiger partial charge in [-0.3, -0.25) is 9.59 Å². The van der Waals surface area contributed by atoms with Gasteiger partial charge in [0.15, 0.2) is 0 Å². The van der Waals surface area contributed by atoms with E-state index in [9.17, 15) is 14.0 Å². The molecule has 0 unspecified atom stereocenters. The lowest BCUT2D eigenvalue weighted by molar-refractivity contribution is -0.127. The molecule has 0 spiro atoms. The number of carbonyl (C=O) groups excluding carboxylic acids is 2. The molecule has 0 aliphatic rings. The van der Waals surface area contributed by atoms with E-state index in [1.165, 1.54) is 12.1 Å². The monoisotopic (exact) mass is 245 g/mol. The van der Waals surface area contributed by atoms with Crippen molar-refractivity contribution >= 4 is 33.8 Å². The molecule has 1 amide bonds. The van der Waals surface area contributed by atoms with Gasteiger partial charge in [-0.15, -0.1) is 0 Å². The zero-order valence-corrected chi connectivity index (χ0v) is 7.97. The van der Waals surface area contributed by atoms with Crippen LogP contribution in [0.15, 0.2) is 22.7 Å². The molecule has 5 heteroatoms. The van der Waals surface area contributed by atoms with Crippen molar-refractivity contribution < 1.29 is 14.0 Å². The summed E-state index contributed by atoms with van der Waals surface area (Å²) < 4.78 is 13.6. The third kappa shape index (κ3) is 2.62. The van der Waals surface area contributed by atoms with Crippen LogP contribution < -0.4 is 5.32 Å². The van der Waals surface area contributed by atoms with Crippen LogP contribution >= 0.6 is 15.9 Å².